The molecule has 6 nitrogen and oxygen atoms in total. The number of rotatable bonds is 4. The third kappa shape index (κ3) is 3.61. The third-order valence-electron chi connectivity index (χ3n) is 3.31. The van der Waals surface area contributed by atoms with Gasteiger partial charge in [0, 0.05) is 31.0 Å². The lowest BCUT2D eigenvalue weighted by atomic mass is 10.1. The zero-order valence-corrected chi connectivity index (χ0v) is 11.9. The summed E-state index contributed by atoms with van der Waals surface area (Å²) in [6.45, 7) is 3.19. The molecule has 1 aromatic carbocycles. The highest BCUT2D eigenvalue weighted by molar-refractivity contribution is 5.96. The van der Waals surface area contributed by atoms with Gasteiger partial charge < -0.3 is 25.4 Å². The van der Waals surface area contributed by atoms with Gasteiger partial charge in [-0.3, -0.25) is 0 Å². The number of hydrogen-bond donors (Lipinski definition) is 2. The van der Waals surface area contributed by atoms with Gasteiger partial charge in [-0.15, -0.1) is 0 Å². The van der Waals surface area contributed by atoms with E-state index in [1.165, 1.54) is 7.11 Å². The monoisotopic (exact) mass is 279 g/mol. The molecule has 1 atom stereocenters. The second kappa shape index (κ2) is 6.58. The number of morpholine rings is 1. The predicted molar refractivity (Wildman–Crippen MR) is 77.9 cm³/mol. The molecule has 110 valence electrons. The number of anilines is 2. The Hall–Kier alpha value is -1.79. The molecule has 1 aromatic rings. The molecule has 0 radical (unpaired) electrons. The van der Waals surface area contributed by atoms with Crippen LogP contribution in [0.15, 0.2) is 18.2 Å². The van der Waals surface area contributed by atoms with Crippen molar-refractivity contribution in [1.29, 1.82) is 0 Å². The summed E-state index contributed by atoms with van der Waals surface area (Å²) in [6.07, 6.45) is 0.108. The van der Waals surface area contributed by atoms with Gasteiger partial charge in [-0.2, -0.15) is 0 Å². The summed E-state index contributed by atoms with van der Waals surface area (Å²) >= 11 is 0. The SMILES string of the molecule is COC(=O)c1cc(N)ccc1NCC1CN(C)CCO1. The van der Waals surface area contributed by atoms with Crippen LogP contribution in [-0.2, 0) is 9.47 Å². The van der Waals surface area contributed by atoms with Gasteiger partial charge in [0.25, 0.3) is 0 Å². The Kier molecular flexibility index (Phi) is 4.81. The van der Waals surface area contributed by atoms with E-state index in [2.05, 4.69) is 17.3 Å². The van der Waals surface area contributed by atoms with E-state index in [0.717, 1.165) is 19.7 Å². The summed E-state index contributed by atoms with van der Waals surface area (Å²) in [6, 6.07) is 5.15. The highest BCUT2D eigenvalue weighted by atomic mass is 16.5. The Labute approximate surface area is 118 Å². The minimum atomic E-state index is -0.401. The largest absolute Gasteiger partial charge is 0.465 e. The molecule has 0 aromatic heterocycles. The quantitative estimate of drug-likeness (QED) is 0.627. The number of carbonyl (C=O) groups excluding carboxylic acids is 1. The minimum Gasteiger partial charge on any atom is -0.465 e. The predicted octanol–water partition coefficient (Wildman–Crippen LogP) is 0.798. The summed E-state index contributed by atoms with van der Waals surface area (Å²) < 4.78 is 10.4. The molecule has 0 amide bonds. The van der Waals surface area contributed by atoms with E-state index in [-0.39, 0.29) is 6.10 Å². The Balaban J connectivity index is 2.03. The topological polar surface area (TPSA) is 76.8 Å². The molecule has 1 aliphatic heterocycles. The molecule has 0 saturated carbocycles. The van der Waals surface area contributed by atoms with Crippen molar-refractivity contribution in [3.05, 3.63) is 23.8 Å². The van der Waals surface area contributed by atoms with Crippen molar-refractivity contribution in [1.82, 2.24) is 4.90 Å². The van der Waals surface area contributed by atoms with Gasteiger partial charge in [0.1, 0.15) is 0 Å². The number of methoxy groups -OCH3 is 1. The number of esters is 1. The molecular weight excluding hydrogens is 258 g/mol. The first-order chi connectivity index (χ1) is 9.60. The number of ether oxygens (including phenoxy) is 2. The van der Waals surface area contributed by atoms with Gasteiger partial charge in [-0.25, -0.2) is 4.79 Å². The van der Waals surface area contributed by atoms with Gasteiger partial charge in [0.15, 0.2) is 0 Å². The number of nitrogens with one attached hydrogen (secondary N) is 1. The van der Waals surface area contributed by atoms with Crippen molar-refractivity contribution < 1.29 is 14.3 Å². The molecule has 0 spiro atoms. The molecule has 1 unspecified atom stereocenters. The molecule has 0 bridgehead atoms. The maximum atomic E-state index is 11.7. The van der Waals surface area contributed by atoms with Crippen LogP contribution in [-0.4, -0.2) is 57.4 Å². The molecule has 1 saturated heterocycles. The van der Waals surface area contributed by atoms with Crippen molar-refractivity contribution >= 4 is 17.3 Å². The maximum absolute atomic E-state index is 11.7. The molecule has 1 heterocycles. The van der Waals surface area contributed by atoms with Crippen molar-refractivity contribution in [3.8, 4) is 0 Å². The Morgan fingerprint density at radius 1 is 1.60 bits per heavy atom. The maximum Gasteiger partial charge on any atom is 0.340 e. The van der Waals surface area contributed by atoms with Gasteiger partial charge in [0.2, 0.25) is 0 Å². The van der Waals surface area contributed by atoms with Crippen molar-refractivity contribution in [2.75, 3.05) is 51.4 Å². The van der Waals surface area contributed by atoms with E-state index in [1.807, 2.05) is 0 Å². The van der Waals surface area contributed by atoms with E-state index in [1.54, 1.807) is 18.2 Å². The van der Waals surface area contributed by atoms with Crippen molar-refractivity contribution in [2.45, 2.75) is 6.10 Å². The number of benzene rings is 1. The number of nitrogen functional groups attached to an aromatic ring is 1. The van der Waals surface area contributed by atoms with E-state index < -0.39 is 5.97 Å². The van der Waals surface area contributed by atoms with Crippen LogP contribution in [0.3, 0.4) is 0 Å². The normalized spacial score (nSPS) is 19.6. The molecule has 1 fully saturated rings. The van der Waals surface area contributed by atoms with Crippen LogP contribution in [0.1, 0.15) is 10.4 Å². The number of hydrogen-bond acceptors (Lipinski definition) is 6. The van der Waals surface area contributed by atoms with Crippen LogP contribution in [0.4, 0.5) is 11.4 Å². The molecule has 6 heteroatoms. The minimum absolute atomic E-state index is 0.108. The summed E-state index contributed by atoms with van der Waals surface area (Å²) in [5.41, 5.74) is 7.39. The van der Waals surface area contributed by atoms with Crippen LogP contribution >= 0.6 is 0 Å². The van der Waals surface area contributed by atoms with Crippen LogP contribution in [0.2, 0.25) is 0 Å². The molecule has 0 aliphatic carbocycles. The van der Waals surface area contributed by atoms with Crippen molar-refractivity contribution in [3.63, 3.8) is 0 Å². The first kappa shape index (κ1) is 14.6. The summed E-state index contributed by atoms with van der Waals surface area (Å²) in [4.78, 5) is 14.0. The molecule has 3 N–H and O–H groups in total. The van der Waals surface area contributed by atoms with Crippen LogP contribution in [0, 0.1) is 0 Å². The number of nitrogens with zero attached hydrogens (tertiary/aromatic N) is 1. The van der Waals surface area contributed by atoms with Gasteiger partial charge >= 0.3 is 5.97 Å². The molecular formula is C14H21N3O3. The number of likely N-dealkylation sites (N-methyl/N-ethyl adjacent to an activating group) is 1. The summed E-state index contributed by atoms with van der Waals surface area (Å²) in [5.74, 6) is -0.401. The smallest absolute Gasteiger partial charge is 0.340 e. The van der Waals surface area contributed by atoms with Gasteiger partial charge in [-0.1, -0.05) is 0 Å². The number of nitrogens with two attached hydrogens (primary N) is 1. The Morgan fingerprint density at radius 2 is 2.40 bits per heavy atom. The fraction of sp³-hybridized carbons (Fsp3) is 0.500. The standard InChI is InChI=1S/C14H21N3O3/c1-17-5-6-20-11(9-17)8-16-13-4-3-10(15)7-12(13)14(18)19-2/h3-4,7,11,16H,5-6,8-9,15H2,1-2H3. The molecule has 2 rings (SSSR count). The zero-order valence-electron chi connectivity index (χ0n) is 11.9. The Bertz CT molecular complexity index is 479. The average Bonchev–Trinajstić information content (AvgIpc) is 2.45. The average molecular weight is 279 g/mol. The van der Waals surface area contributed by atoms with E-state index in [4.69, 9.17) is 15.2 Å². The fourth-order valence-corrected chi connectivity index (χ4v) is 2.21. The lowest BCUT2D eigenvalue weighted by Gasteiger charge is -2.30. The highest BCUT2D eigenvalue weighted by Gasteiger charge is 2.19. The van der Waals surface area contributed by atoms with Gasteiger partial charge in [0.05, 0.1) is 25.4 Å². The van der Waals surface area contributed by atoms with Crippen LogP contribution in [0.25, 0.3) is 0 Å². The van der Waals surface area contributed by atoms with E-state index in [0.29, 0.717) is 23.5 Å². The van der Waals surface area contributed by atoms with E-state index >= 15 is 0 Å². The second-order valence-electron chi connectivity index (χ2n) is 4.93. The summed E-state index contributed by atoms with van der Waals surface area (Å²) in [7, 11) is 3.42. The second-order valence-corrected chi connectivity index (χ2v) is 4.93. The number of carbonyl (C=O) groups is 1. The molecule has 1 aliphatic rings. The lowest BCUT2D eigenvalue weighted by molar-refractivity contribution is -0.0117. The Morgan fingerprint density at radius 3 is 3.10 bits per heavy atom. The third-order valence-corrected chi connectivity index (χ3v) is 3.31. The fourth-order valence-electron chi connectivity index (χ4n) is 2.21. The lowest BCUT2D eigenvalue weighted by Crippen LogP contribution is -2.43. The van der Waals surface area contributed by atoms with Crippen molar-refractivity contribution in [2.24, 2.45) is 0 Å². The molecule has 20 heavy (non-hydrogen) atoms. The van der Waals surface area contributed by atoms with E-state index in [9.17, 15) is 4.79 Å². The first-order valence-corrected chi connectivity index (χ1v) is 6.62. The first-order valence-electron chi connectivity index (χ1n) is 6.62. The highest BCUT2D eigenvalue weighted by Crippen LogP contribution is 2.20. The van der Waals surface area contributed by atoms with Crippen LogP contribution < -0.4 is 11.1 Å². The van der Waals surface area contributed by atoms with Gasteiger partial charge in [-0.05, 0) is 25.2 Å². The van der Waals surface area contributed by atoms with Crippen LogP contribution in [0.5, 0.6) is 0 Å². The zero-order chi connectivity index (χ0) is 14.5. The summed E-state index contributed by atoms with van der Waals surface area (Å²) in [5, 5.41) is 3.24.